The highest BCUT2D eigenvalue weighted by atomic mass is 16.5. The molecule has 0 unspecified atom stereocenters. The van der Waals surface area contributed by atoms with E-state index in [2.05, 4.69) is 35.3 Å². The molecule has 0 saturated carbocycles. The summed E-state index contributed by atoms with van der Waals surface area (Å²) in [6.07, 6.45) is 2.50. The standard InChI is InChI=1S/C21H33N3O3/c1-5-22-21(24-13-10-18(11-14-24)20(25)27-6-2)23-12-9-17-8-7-16(3)19(15-17)26-4/h7-8,15,18H,5-6,9-14H2,1-4H3,(H,22,23). The number of methoxy groups -OCH3 is 1. The van der Waals surface area contributed by atoms with Crippen LogP contribution in [0.3, 0.4) is 0 Å². The van der Waals surface area contributed by atoms with Crippen LogP contribution >= 0.6 is 0 Å². The van der Waals surface area contributed by atoms with Crippen LogP contribution in [0.25, 0.3) is 0 Å². The van der Waals surface area contributed by atoms with Gasteiger partial charge in [-0.15, -0.1) is 0 Å². The topological polar surface area (TPSA) is 63.2 Å². The highest BCUT2D eigenvalue weighted by Gasteiger charge is 2.27. The van der Waals surface area contributed by atoms with Crippen molar-refractivity contribution in [2.45, 2.75) is 40.0 Å². The van der Waals surface area contributed by atoms with Crippen molar-refractivity contribution in [2.24, 2.45) is 10.9 Å². The third-order valence-corrected chi connectivity index (χ3v) is 4.88. The van der Waals surface area contributed by atoms with Gasteiger partial charge in [-0.2, -0.15) is 0 Å². The second kappa shape index (κ2) is 10.8. The van der Waals surface area contributed by atoms with Crippen molar-refractivity contribution in [3.8, 4) is 5.75 Å². The SMILES string of the molecule is CCNC(=NCCc1ccc(C)c(OC)c1)N1CCC(C(=O)OCC)CC1. The Morgan fingerprint density at radius 3 is 2.67 bits per heavy atom. The number of piperidine rings is 1. The van der Waals surface area contributed by atoms with Gasteiger partial charge in [0.05, 0.1) is 19.6 Å². The number of nitrogens with zero attached hydrogens (tertiary/aromatic N) is 2. The molecular weight excluding hydrogens is 342 g/mol. The summed E-state index contributed by atoms with van der Waals surface area (Å²) in [5.74, 6) is 1.81. The summed E-state index contributed by atoms with van der Waals surface area (Å²) in [6, 6.07) is 6.30. The molecule has 1 aliphatic heterocycles. The fraction of sp³-hybridized carbons (Fsp3) is 0.619. The molecule has 0 radical (unpaired) electrons. The smallest absolute Gasteiger partial charge is 0.309 e. The first-order valence-corrected chi connectivity index (χ1v) is 9.92. The Morgan fingerprint density at radius 1 is 1.30 bits per heavy atom. The molecule has 6 heteroatoms. The van der Waals surface area contributed by atoms with Crippen molar-refractivity contribution in [1.82, 2.24) is 10.2 Å². The molecule has 1 N–H and O–H groups in total. The minimum Gasteiger partial charge on any atom is -0.496 e. The van der Waals surface area contributed by atoms with E-state index in [0.717, 1.165) is 56.2 Å². The minimum absolute atomic E-state index is 0.0177. The number of nitrogens with one attached hydrogen (secondary N) is 1. The largest absolute Gasteiger partial charge is 0.496 e. The van der Waals surface area contributed by atoms with Gasteiger partial charge in [-0.25, -0.2) is 0 Å². The summed E-state index contributed by atoms with van der Waals surface area (Å²) >= 11 is 0. The number of aliphatic imine (C=N–C) groups is 1. The lowest BCUT2D eigenvalue weighted by molar-refractivity contribution is -0.149. The van der Waals surface area contributed by atoms with Crippen molar-refractivity contribution >= 4 is 11.9 Å². The molecule has 27 heavy (non-hydrogen) atoms. The Bertz CT molecular complexity index is 638. The molecule has 1 fully saturated rings. The lowest BCUT2D eigenvalue weighted by Gasteiger charge is -2.33. The van der Waals surface area contributed by atoms with Crippen molar-refractivity contribution in [3.05, 3.63) is 29.3 Å². The molecule has 0 aromatic heterocycles. The molecule has 150 valence electrons. The van der Waals surface area contributed by atoms with E-state index in [0.29, 0.717) is 13.2 Å². The van der Waals surface area contributed by atoms with E-state index < -0.39 is 0 Å². The molecule has 2 rings (SSSR count). The third kappa shape index (κ3) is 6.15. The number of rotatable bonds is 7. The normalized spacial score (nSPS) is 15.6. The number of carbonyl (C=O) groups is 1. The summed E-state index contributed by atoms with van der Waals surface area (Å²) in [4.78, 5) is 18.9. The molecule has 0 amide bonds. The molecule has 0 spiro atoms. The molecule has 1 heterocycles. The van der Waals surface area contributed by atoms with Gasteiger partial charge in [-0.3, -0.25) is 9.79 Å². The third-order valence-electron chi connectivity index (χ3n) is 4.88. The van der Waals surface area contributed by atoms with E-state index >= 15 is 0 Å². The number of hydrogen-bond acceptors (Lipinski definition) is 4. The summed E-state index contributed by atoms with van der Waals surface area (Å²) in [5, 5.41) is 3.37. The fourth-order valence-electron chi connectivity index (χ4n) is 3.32. The number of guanidine groups is 1. The minimum atomic E-state index is -0.0626. The summed E-state index contributed by atoms with van der Waals surface area (Å²) in [5.41, 5.74) is 2.36. The van der Waals surface area contributed by atoms with Crippen LogP contribution in [-0.4, -0.2) is 56.7 Å². The van der Waals surface area contributed by atoms with Crippen LogP contribution < -0.4 is 10.1 Å². The van der Waals surface area contributed by atoms with Crippen molar-refractivity contribution in [2.75, 3.05) is 39.9 Å². The van der Waals surface area contributed by atoms with Crippen LogP contribution in [0.15, 0.2) is 23.2 Å². The lowest BCUT2D eigenvalue weighted by atomic mass is 9.97. The first kappa shape index (κ1) is 21.1. The number of esters is 1. The van der Waals surface area contributed by atoms with E-state index in [1.165, 1.54) is 5.56 Å². The van der Waals surface area contributed by atoms with Gasteiger partial charge in [-0.05, 0) is 57.2 Å². The second-order valence-corrected chi connectivity index (χ2v) is 6.80. The predicted molar refractivity (Wildman–Crippen MR) is 108 cm³/mol. The van der Waals surface area contributed by atoms with E-state index in [4.69, 9.17) is 14.5 Å². The van der Waals surface area contributed by atoms with Crippen molar-refractivity contribution in [1.29, 1.82) is 0 Å². The predicted octanol–water partition coefficient (Wildman–Crippen LogP) is 2.79. The van der Waals surface area contributed by atoms with Gasteiger partial charge in [0, 0.05) is 26.2 Å². The Labute approximate surface area is 162 Å². The van der Waals surface area contributed by atoms with E-state index in [1.54, 1.807) is 7.11 Å². The summed E-state index contributed by atoms with van der Waals surface area (Å²) in [7, 11) is 1.70. The molecule has 0 atom stereocenters. The van der Waals surface area contributed by atoms with Crippen molar-refractivity contribution < 1.29 is 14.3 Å². The summed E-state index contributed by atoms with van der Waals surface area (Å²) < 4.78 is 10.6. The van der Waals surface area contributed by atoms with Gasteiger partial charge < -0.3 is 19.7 Å². The maximum absolute atomic E-state index is 11.9. The van der Waals surface area contributed by atoms with Crippen LogP contribution in [0.1, 0.15) is 37.8 Å². The average Bonchev–Trinajstić information content (AvgIpc) is 2.69. The number of likely N-dealkylation sites (tertiary alicyclic amines) is 1. The molecular formula is C21H33N3O3. The summed E-state index contributed by atoms with van der Waals surface area (Å²) in [6.45, 7) is 9.62. The van der Waals surface area contributed by atoms with Gasteiger partial charge in [-0.1, -0.05) is 12.1 Å². The zero-order valence-electron chi connectivity index (χ0n) is 17.1. The number of benzene rings is 1. The monoisotopic (exact) mass is 375 g/mol. The van der Waals surface area contributed by atoms with Crippen LogP contribution in [-0.2, 0) is 16.0 Å². The van der Waals surface area contributed by atoms with Gasteiger partial charge in [0.2, 0.25) is 0 Å². The fourth-order valence-corrected chi connectivity index (χ4v) is 3.32. The van der Waals surface area contributed by atoms with E-state index in [1.807, 2.05) is 13.8 Å². The molecule has 0 bridgehead atoms. The van der Waals surface area contributed by atoms with Crippen LogP contribution in [0.2, 0.25) is 0 Å². The van der Waals surface area contributed by atoms with Crippen LogP contribution in [0.4, 0.5) is 0 Å². The molecule has 1 aromatic rings. The molecule has 6 nitrogen and oxygen atoms in total. The Hall–Kier alpha value is -2.24. The number of aryl methyl sites for hydroxylation is 1. The van der Waals surface area contributed by atoms with Gasteiger partial charge in [0.15, 0.2) is 5.96 Å². The molecule has 1 aromatic carbocycles. The Kier molecular flexibility index (Phi) is 8.43. The molecule has 1 aliphatic rings. The van der Waals surface area contributed by atoms with Crippen molar-refractivity contribution in [3.63, 3.8) is 0 Å². The maximum Gasteiger partial charge on any atom is 0.309 e. The maximum atomic E-state index is 11.9. The molecule has 0 aliphatic carbocycles. The van der Waals surface area contributed by atoms with E-state index in [-0.39, 0.29) is 11.9 Å². The van der Waals surface area contributed by atoms with Crippen LogP contribution in [0.5, 0.6) is 5.75 Å². The molecule has 1 saturated heterocycles. The highest BCUT2D eigenvalue weighted by molar-refractivity contribution is 5.80. The average molecular weight is 376 g/mol. The highest BCUT2D eigenvalue weighted by Crippen LogP contribution is 2.20. The number of ether oxygens (including phenoxy) is 2. The Morgan fingerprint density at radius 2 is 2.04 bits per heavy atom. The van der Waals surface area contributed by atoms with E-state index in [9.17, 15) is 4.79 Å². The first-order chi connectivity index (χ1) is 13.1. The second-order valence-electron chi connectivity index (χ2n) is 6.80. The Balaban J connectivity index is 1.92. The van der Waals surface area contributed by atoms with Gasteiger partial charge in [0.25, 0.3) is 0 Å². The zero-order valence-corrected chi connectivity index (χ0v) is 17.1. The lowest BCUT2D eigenvalue weighted by Crippen LogP contribution is -2.46. The van der Waals surface area contributed by atoms with Gasteiger partial charge in [0.1, 0.15) is 5.75 Å². The first-order valence-electron chi connectivity index (χ1n) is 9.92. The van der Waals surface area contributed by atoms with Crippen LogP contribution in [0, 0.1) is 12.8 Å². The number of hydrogen-bond donors (Lipinski definition) is 1. The number of carbonyl (C=O) groups excluding carboxylic acids is 1. The zero-order chi connectivity index (χ0) is 19.6. The van der Waals surface area contributed by atoms with Gasteiger partial charge >= 0.3 is 5.97 Å². The quantitative estimate of drug-likeness (QED) is 0.451.